The molecule has 0 aliphatic carbocycles. The fraction of sp³-hybridized carbons (Fsp3) is 0.176. The summed E-state index contributed by atoms with van der Waals surface area (Å²) in [4.78, 5) is 18.4. The van der Waals surface area contributed by atoms with Crippen LogP contribution in [0.1, 0.15) is 22.8 Å². The Balaban J connectivity index is 2.30. The Morgan fingerprint density at radius 1 is 1.29 bits per heavy atom. The van der Waals surface area contributed by atoms with E-state index < -0.39 is 0 Å². The highest BCUT2D eigenvalue weighted by molar-refractivity contribution is 6.06. The number of nitrogens with two attached hydrogens (primary N) is 1. The number of rotatable bonds is 3. The Labute approximate surface area is 124 Å². The van der Waals surface area contributed by atoms with Gasteiger partial charge in [0.05, 0.1) is 12.1 Å². The van der Waals surface area contributed by atoms with Crippen molar-refractivity contribution in [1.29, 1.82) is 0 Å². The van der Waals surface area contributed by atoms with Crippen LogP contribution in [0.4, 0.5) is 5.69 Å². The average Bonchev–Trinajstić information content (AvgIpc) is 2.55. The summed E-state index contributed by atoms with van der Waals surface area (Å²) in [7, 11) is 0. The van der Waals surface area contributed by atoms with Crippen LogP contribution < -0.4 is 10.6 Å². The summed E-state index contributed by atoms with van der Waals surface area (Å²) in [5, 5.41) is 0. The summed E-state index contributed by atoms with van der Waals surface area (Å²) in [6.45, 7) is 2.81. The Bertz CT molecular complexity index is 671. The van der Waals surface area contributed by atoms with E-state index in [-0.39, 0.29) is 12.5 Å². The number of carbonyl (C=O) groups is 1. The van der Waals surface area contributed by atoms with Crippen LogP contribution in [0, 0.1) is 11.8 Å². The molecule has 0 atom stereocenters. The SMILES string of the molecule is CCN(C(=O)c1cncc(C#CCN)c1)c1ccccc1. The molecule has 0 spiro atoms. The van der Waals surface area contributed by atoms with Crippen molar-refractivity contribution in [3.63, 3.8) is 0 Å². The van der Waals surface area contributed by atoms with E-state index in [1.807, 2.05) is 37.3 Å². The van der Waals surface area contributed by atoms with Gasteiger partial charge in [-0.25, -0.2) is 0 Å². The van der Waals surface area contributed by atoms with Gasteiger partial charge < -0.3 is 10.6 Å². The highest BCUT2D eigenvalue weighted by Gasteiger charge is 2.16. The number of benzene rings is 1. The zero-order chi connectivity index (χ0) is 15.1. The molecular weight excluding hydrogens is 262 g/mol. The van der Waals surface area contributed by atoms with E-state index in [0.717, 1.165) is 5.69 Å². The summed E-state index contributed by atoms with van der Waals surface area (Å²) in [6, 6.07) is 11.3. The van der Waals surface area contributed by atoms with Gasteiger partial charge in [0.25, 0.3) is 5.91 Å². The van der Waals surface area contributed by atoms with E-state index in [0.29, 0.717) is 17.7 Å². The van der Waals surface area contributed by atoms with Crippen molar-refractivity contribution in [2.45, 2.75) is 6.92 Å². The minimum atomic E-state index is -0.0902. The summed E-state index contributed by atoms with van der Waals surface area (Å²) >= 11 is 0. The third-order valence-electron chi connectivity index (χ3n) is 2.95. The number of amides is 1. The number of hydrogen-bond acceptors (Lipinski definition) is 3. The Kier molecular flexibility index (Phi) is 5.08. The first-order valence-corrected chi connectivity index (χ1v) is 6.77. The molecule has 0 bridgehead atoms. The second-order valence-electron chi connectivity index (χ2n) is 4.35. The van der Waals surface area contributed by atoms with Gasteiger partial charge in [-0.1, -0.05) is 30.0 Å². The van der Waals surface area contributed by atoms with Crippen molar-refractivity contribution in [2.75, 3.05) is 18.0 Å². The lowest BCUT2D eigenvalue weighted by atomic mass is 10.1. The number of para-hydroxylation sites is 1. The molecule has 1 amide bonds. The number of hydrogen-bond donors (Lipinski definition) is 1. The van der Waals surface area contributed by atoms with Gasteiger partial charge in [0.15, 0.2) is 0 Å². The molecule has 4 nitrogen and oxygen atoms in total. The van der Waals surface area contributed by atoms with E-state index in [4.69, 9.17) is 5.73 Å². The number of anilines is 1. The molecule has 2 N–H and O–H groups in total. The fourth-order valence-corrected chi connectivity index (χ4v) is 1.99. The highest BCUT2D eigenvalue weighted by Crippen LogP contribution is 2.16. The van der Waals surface area contributed by atoms with Crippen LogP contribution in [-0.2, 0) is 0 Å². The largest absolute Gasteiger partial charge is 0.320 e. The lowest BCUT2D eigenvalue weighted by molar-refractivity contribution is 0.0988. The second-order valence-corrected chi connectivity index (χ2v) is 4.35. The van der Waals surface area contributed by atoms with Crippen molar-refractivity contribution in [1.82, 2.24) is 4.98 Å². The standard InChI is InChI=1S/C17H17N3O/c1-2-20(16-8-4-3-5-9-16)17(21)15-11-14(7-6-10-18)12-19-13-15/h3-5,8-9,11-13H,2,10,18H2,1H3. The number of nitrogens with zero attached hydrogens (tertiary/aromatic N) is 2. The molecule has 0 unspecified atom stereocenters. The first-order chi connectivity index (χ1) is 10.3. The lowest BCUT2D eigenvalue weighted by Gasteiger charge is -2.20. The summed E-state index contributed by atoms with van der Waals surface area (Å²) in [5.41, 5.74) is 7.42. The molecule has 0 aliphatic rings. The molecule has 2 rings (SSSR count). The minimum Gasteiger partial charge on any atom is -0.320 e. The van der Waals surface area contributed by atoms with E-state index >= 15 is 0 Å². The molecule has 21 heavy (non-hydrogen) atoms. The maximum Gasteiger partial charge on any atom is 0.259 e. The molecular formula is C17H17N3O. The molecule has 4 heteroatoms. The Morgan fingerprint density at radius 3 is 2.71 bits per heavy atom. The van der Waals surface area contributed by atoms with E-state index in [9.17, 15) is 4.79 Å². The molecule has 106 valence electrons. The summed E-state index contributed by atoms with van der Waals surface area (Å²) < 4.78 is 0. The Hall–Kier alpha value is -2.64. The third kappa shape index (κ3) is 3.68. The number of aromatic nitrogens is 1. The van der Waals surface area contributed by atoms with Crippen molar-refractivity contribution in [3.05, 3.63) is 59.9 Å². The number of carbonyl (C=O) groups excluding carboxylic acids is 1. The molecule has 0 saturated heterocycles. The quantitative estimate of drug-likeness (QED) is 0.875. The zero-order valence-electron chi connectivity index (χ0n) is 11.9. The van der Waals surface area contributed by atoms with Crippen LogP contribution in [0.3, 0.4) is 0 Å². The highest BCUT2D eigenvalue weighted by atomic mass is 16.2. The van der Waals surface area contributed by atoms with Crippen molar-refractivity contribution in [3.8, 4) is 11.8 Å². The minimum absolute atomic E-state index is 0.0902. The normalized spacial score (nSPS) is 9.62. The van der Waals surface area contributed by atoms with Crippen LogP contribution in [0.15, 0.2) is 48.8 Å². The molecule has 2 aromatic rings. The van der Waals surface area contributed by atoms with E-state index in [1.54, 1.807) is 23.4 Å². The lowest BCUT2D eigenvalue weighted by Crippen LogP contribution is -2.30. The monoisotopic (exact) mass is 279 g/mol. The van der Waals surface area contributed by atoms with Crippen molar-refractivity contribution >= 4 is 11.6 Å². The summed E-state index contributed by atoms with van der Waals surface area (Å²) in [6.07, 6.45) is 3.18. The van der Waals surface area contributed by atoms with Crippen LogP contribution in [0.2, 0.25) is 0 Å². The predicted molar refractivity (Wildman–Crippen MR) is 84.0 cm³/mol. The van der Waals surface area contributed by atoms with Gasteiger partial charge in [-0.3, -0.25) is 9.78 Å². The van der Waals surface area contributed by atoms with Crippen LogP contribution >= 0.6 is 0 Å². The van der Waals surface area contributed by atoms with E-state index in [1.165, 1.54) is 0 Å². The molecule has 0 saturated carbocycles. The van der Waals surface area contributed by atoms with Gasteiger partial charge >= 0.3 is 0 Å². The maximum atomic E-state index is 12.6. The third-order valence-corrected chi connectivity index (χ3v) is 2.95. The molecule has 0 fully saturated rings. The maximum absolute atomic E-state index is 12.6. The van der Waals surface area contributed by atoms with E-state index in [2.05, 4.69) is 16.8 Å². The van der Waals surface area contributed by atoms with Crippen molar-refractivity contribution < 1.29 is 4.79 Å². The fourth-order valence-electron chi connectivity index (χ4n) is 1.99. The first kappa shape index (κ1) is 14.8. The molecule has 0 aliphatic heterocycles. The van der Waals surface area contributed by atoms with Gasteiger partial charge in [-0.2, -0.15) is 0 Å². The van der Waals surface area contributed by atoms with Crippen LogP contribution in [0.25, 0.3) is 0 Å². The molecule has 1 aromatic carbocycles. The van der Waals surface area contributed by atoms with Gasteiger partial charge in [0.1, 0.15) is 0 Å². The smallest absolute Gasteiger partial charge is 0.259 e. The first-order valence-electron chi connectivity index (χ1n) is 6.77. The van der Waals surface area contributed by atoms with Gasteiger partial charge in [-0.15, -0.1) is 0 Å². The number of pyridine rings is 1. The van der Waals surface area contributed by atoms with Gasteiger partial charge in [0, 0.05) is 30.2 Å². The topological polar surface area (TPSA) is 59.2 Å². The average molecular weight is 279 g/mol. The second kappa shape index (κ2) is 7.22. The molecule has 1 heterocycles. The summed E-state index contributed by atoms with van der Waals surface area (Å²) in [5.74, 6) is 5.56. The molecule has 0 radical (unpaired) electrons. The van der Waals surface area contributed by atoms with Gasteiger partial charge in [0.2, 0.25) is 0 Å². The molecule has 1 aromatic heterocycles. The van der Waals surface area contributed by atoms with Gasteiger partial charge in [-0.05, 0) is 25.1 Å². The Morgan fingerprint density at radius 2 is 2.05 bits per heavy atom. The van der Waals surface area contributed by atoms with Crippen LogP contribution in [-0.4, -0.2) is 24.0 Å². The predicted octanol–water partition coefficient (Wildman–Crippen LogP) is 2.06. The van der Waals surface area contributed by atoms with Crippen molar-refractivity contribution in [2.24, 2.45) is 5.73 Å². The van der Waals surface area contributed by atoms with Crippen LogP contribution in [0.5, 0.6) is 0 Å². The zero-order valence-corrected chi connectivity index (χ0v) is 11.9.